The van der Waals surface area contributed by atoms with E-state index in [2.05, 4.69) is 14.7 Å². The van der Waals surface area contributed by atoms with Crippen molar-refractivity contribution in [2.45, 2.75) is 43.4 Å². The minimum absolute atomic E-state index is 0.0644. The maximum Gasteiger partial charge on any atom is 0.264 e. The van der Waals surface area contributed by atoms with E-state index in [9.17, 15) is 26.8 Å². The van der Waals surface area contributed by atoms with Crippen LogP contribution in [0.25, 0.3) is 11.0 Å². The number of nitrogen functional groups attached to an aromatic ring is 1. The summed E-state index contributed by atoms with van der Waals surface area (Å²) in [6, 6.07) is 10.5. The highest BCUT2D eigenvalue weighted by Gasteiger charge is 2.38. The molecule has 0 bridgehead atoms. The zero-order valence-corrected chi connectivity index (χ0v) is 21.0. The predicted octanol–water partition coefficient (Wildman–Crippen LogP) is 3.87. The number of nitrogens with one attached hydrogen (secondary N) is 1. The maximum absolute atomic E-state index is 13.3. The van der Waals surface area contributed by atoms with Gasteiger partial charge in [0.05, 0.1) is 11.7 Å². The van der Waals surface area contributed by atoms with Gasteiger partial charge in [0, 0.05) is 36.2 Å². The van der Waals surface area contributed by atoms with Crippen LogP contribution >= 0.6 is 0 Å². The number of carbonyl (C=O) groups excluding carboxylic acids is 2. The number of aldehydes is 1. The van der Waals surface area contributed by atoms with E-state index in [1.165, 1.54) is 36.5 Å². The largest absolute Gasteiger partial charge is 0.382 e. The molecule has 1 aliphatic rings. The Kier molecular flexibility index (Phi) is 7.13. The Morgan fingerprint density at radius 3 is 2.49 bits per heavy atom. The number of amides is 1. The molecular formula is C25H27F2N5O4S. The molecule has 2 aromatic carbocycles. The highest BCUT2D eigenvalue weighted by atomic mass is 32.2. The molecule has 12 heteroatoms. The molecule has 9 nitrogen and oxygen atoms in total. The van der Waals surface area contributed by atoms with Gasteiger partial charge in [-0.05, 0) is 62.6 Å². The third-order valence-electron chi connectivity index (χ3n) is 6.59. The fraction of sp³-hybridized carbons (Fsp3) is 0.360. The fourth-order valence-electron chi connectivity index (χ4n) is 4.37. The lowest BCUT2D eigenvalue weighted by molar-refractivity contribution is -0.120. The van der Waals surface area contributed by atoms with Crippen molar-refractivity contribution in [3.63, 3.8) is 0 Å². The molecule has 37 heavy (non-hydrogen) atoms. The first-order valence-corrected chi connectivity index (χ1v) is 13.2. The Hall–Kier alpha value is -3.67. The molecule has 0 atom stereocenters. The molecule has 0 unspecified atom stereocenters. The third-order valence-corrected chi connectivity index (χ3v) is 8.00. The molecule has 0 spiro atoms. The average Bonchev–Trinajstić information content (AvgIpc) is 2.86. The van der Waals surface area contributed by atoms with E-state index in [0.717, 1.165) is 13.2 Å². The van der Waals surface area contributed by atoms with Crippen LogP contribution in [0.1, 0.15) is 43.0 Å². The van der Waals surface area contributed by atoms with Crippen LogP contribution in [0.3, 0.4) is 0 Å². The zero-order valence-electron chi connectivity index (χ0n) is 20.2. The van der Waals surface area contributed by atoms with Crippen LogP contribution < -0.4 is 10.5 Å². The normalized spacial score (nSPS) is 15.9. The molecule has 1 amide bonds. The Labute approximate surface area is 213 Å². The first-order chi connectivity index (χ1) is 17.4. The number of nitrogens with two attached hydrogens (primary N) is 1. The topological polar surface area (TPSA) is 135 Å². The van der Waals surface area contributed by atoms with E-state index < -0.39 is 21.4 Å². The van der Waals surface area contributed by atoms with E-state index in [1.54, 1.807) is 17.0 Å². The van der Waals surface area contributed by atoms with E-state index in [-0.39, 0.29) is 53.8 Å². The quantitative estimate of drug-likeness (QED) is 0.421. The minimum Gasteiger partial charge on any atom is -0.382 e. The van der Waals surface area contributed by atoms with Crippen LogP contribution in [-0.4, -0.2) is 54.5 Å². The number of nitrogens with zero attached hydrogens (tertiary/aromatic N) is 3. The molecule has 0 saturated carbocycles. The molecular weight excluding hydrogens is 504 g/mol. The second-order valence-corrected chi connectivity index (χ2v) is 11.1. The van der Waals surface area contributed by atoms with Crippen molar-refractivity contribution in [1.29, 1.82) is 0 Å². The molecule has 4 rings (SSSR count). The summed E-state index contributed by atoms with van der Waals surface area (Å²) in [6.45, 7) is 1.38. The van der Waals surface area contributed by atoms with E-state index in [4.69, 9.17) is 5.73 Å². The number of para-hydroxylation sites is 1. The molecule has 1 aromatic heterocycles. The Morgan fingerprint density at radius 1 is 1.19 bits per heavy atom. The van der Waals surface area contributed by atoms with Crippen molar-refractivity contribution in [2.24, 2.45) is 5.41 Å². The number of sulfonamides is 1. The number of alkyl halides is 2. The van der Waals surface area contributed by atoms with Gasteiger partial charge in [-0.3, -0.25) is 9.52 Å². The summed E-state index contributed by atoms with van der Waals surface area (Å²) in [5.41, 5.74) is 5.89. The number of piperidine rings is 1. The van der Waals surface area contributed by atoms with Gasteiger partial charge in [-0.15, -0.1) is 0 Å². The van der Waals surface area contributed by atoms with E-state index in [0.29, 0.717) is 23.9 Å². The number of aromatic nitrogens is 2. The van der Waals surface area contributed by atoms with Gasteiger partial charge in [-0.2, -0.15) is 0 Å². The van der Waals surface area contributed by atoms with Crippen LogP contribution in [0.2, 0.25) is 0 Å². The standard InChI is InChI=1S/C25H27F2N5O4S/c1-24(26,27)9-10-25(16-33)11-13-32(14-12-25)23(34)17-5-7-18(8-6-17)31-37(35,36)20-4-2-3-19-22(20)29-15-21(28)30-19/h2-8,15-16,31H,9-14H2,1H3,(H2,28,30). The third kappa shape index (κ3) is 6.01. The second kappa shape index (κ2) is 10.0. The molecule has 0 aliphatic carbocycles. The molecule has 0 radical (unpaired) electrons. The summed E-state index contributed by atoms with van der Waals surface area (Å²) in [7, 11) is -4.01. The zero-order chi connectivity index (χ0) is 26.8. The van der Waals surface area contributed by atoms with Gasteiger partial charge < -0.3 is 15.4 Å². The number of rotatable bonds is 8. The number of halogens is 2. The lowest BCUT2D eigenvalue weighted by Crippen LogP contribution is -2.44. The van der Waals surface area contributed by atoms with Crippen LogP contribution in [0.4, 0.5) is 20.3 Å². The van der Waals surface area contributed by atoms with Crippen molar-refractivity contribution >= 4 is 44.8 Å². The van der Waals surface area contributed by atoms with Gasteiger partial charge >= 0.3 is 0 Å². The molecule has 2 heterocycles. The molecule has 1 fully saturated rings. The smallest absolute Gasteiger partial charge is 0.264 e. The minimum atomic E-state index is -4.01. The van der Waals surface area contributed by atoms with Crippen molar-refractivity contribution in [1.82, 2.24) is 14.9 Å². The van der Waals surface area contributed by atoms with E-state index >= 15 is 0 Å². The van der Waals surface area contributed by atoms with Crippen LogP contribution in [0, 0.1) is 5.41 Å². The van der Waals surface area contributed by atoms with E-state index in [1.807, 2.05) is 0 Å². The summed E-state index contributed by atoms with van der Waals surface area (Å²) in [4.78, 5) is 34.3. The highest BCUT2D eigenvalue weighted by molar-refractivity contribution is 7.93. The molecule has 3 N–H and O–H groups in total. The number of hydrogen-bond acceptors (Lipinski definition) is 7. The maximum atomic E-state index is 13.3. The Morgan fingerprint density at radius 2 is 1.86 bits per heavy atom. The van der Waals surface area contributed by atoms with Gasteiger partial charge in [-0.1, -0.05) is 6.07 Å². The van der Waals surface area contributed by atoms with Gasteiger partial charge in [0.15, 0.2) is 0 Å². The molecule has 1 saturated heterocycles. The van der Waals surface area contributed by atoms with Crippen LogP contribution in [0.5, 0.6) is 0 Å². The van der Waals surface area contributed by atoms with Crippen LogP contribution in [0.15, 0.2) is 53.6 Å². The summed E-state index contributed by atoms with van der Waals surface area (Å²) in [5.74, 6) is -2.96. The van der Waals surface area contributed by atoms with Crippen molar-refractivity contribution in [2.75, 3.05) is 23.5 Å². The van der Waals surface area contributed by atoms with Crippen molar-refractivity contribution in [3.05, 3.63) is 54.2 Å². The van der Waals surface area contributed by atoms with Crippen molar-refractivity contribution in [3.8, 4) is 0 Å². The number of hydrogen-bond donors (Lipinski definition) is 2. The number of likely N-dealkylation sites (tertiary alicyclic amines) is 1. The van der Waals surface area contributed by atoms with Gasteiger partial charge in [0.25, 0.3) is 15.9 Å². The lowest BCUT2D eigenvalue weighted by Gasteiger charge is -2.38. The SMILES string of the molecule is CC(F)(F)CCC1(C=O)CCN(C(=O)c2ccc(NS(=O)(=O)c3cccc4nc(N)cnc34)cc2)CC1. The summed E-state index contributed by atoms with van der Waals surface area (Å²) in [6.07, 6.45) is 2.35. The number of benzene rings is 2. The summed E-state index contributed by atoms with van der Waals surface area (Å²) >= 11 is 0. The predicted molar refractivity (Wildman–Crippen MR) is 135 cm³/mol. The first kappa shape index (κ1) is 26.4. The molecule has 3 aromatic rings. The molecule has 1 aliphatic heterocycles. The lowest BCUT2D eigenvalue weighted by atomic mass is 9.75. The number of anilines is 2. The monoisotopic (exact) mass is 531 g/mol. The van der Waals surface area contributed by atoms with Crippen molar-refractivity contribution < 1.29 is 26.8 Å². The van der Waals surface area contributed by atoms with Gasteiger partial charge in [0.2, 0.25) is 5.92 Å². The number of fused-ring (bicyclic) bond motifs is 1. The summed E-state index contributed by atoms with van der Waals surface area (Å²) in [5, 5.41) is 0. The van der Waals surface area contributed by atoms with Gasteiger partial charge in [-0.25, -0.2) is 27.2 Å². The second-order valence-electron chi connectivity index (χ2n) is 9.44. The molecule has 196 valence electrons. The highest BCUT2D eigenvalue weighted by Crippen LogP contribution is 2.37. The fourth-order valence-corrected chi connectivity index (χ4v) is 5.60. The number of carbonyl (C=O) groups is 2. The van der Waals surface area contributed by atoms with Gasteiger partial charge in [0.1, 0.15) is 22.5 Å². The summed E-state index contributed by atoms with van der Waals surface area (Å²) < 4.78 is 55.1. The Balaban J connectivity index is 1.43. The first-order valence-electron chi connectivity index (χ1n) is 11.7. The van der Waals surface area contributed by atoms with Crippen LogP contribution in [-0.2, 0) is 14.8 Å². The average molecular weight is 532 g/mol. The Bertz CT molecular complexity index is 1420.